The number of nitrogens with one attached hydrogen (secondary N) is 2. The SMILES string of the molecule is C#Cc1ccc(Nc2c(C(=O)NO)cc(F)c(F)c2F)c(Cl)c1. The first-order chi connectivity index (χ1) is 10.9. The van der Waals surface area contributed by atoms with Crippen molar-refractivity contribution in [1.82, 2.24) is 5.48 Å². The van der Waals surface area contributed by atoms with Crippen molar-refractivity contribution in [2.75, 3.05) is 5.32 Å². The molecular weight excluding hydrogens is 333 g/mol. The first kappa shape index (κ1) is 16.7. The van der Waals surface area contributed by atoms with Gasteiger partial charge in [0.25, 0.3) is 5.91 Å². The summed E-state index contributed by atoms with van der Waals surface area (Å²) in [7, 11) is 0. The second kappa shape index (κ2) is 6.60. The molecule has 0 atom stereocenters. The summed E-state index contributed by atoms with van der Waals surface area (Å²) in [4.78, 5) is 11.5. The van der Waals surface area contributed by atoms with E-state index in [0.29, 0.717) is 11.6 Å². The molecule has 1 amide bonds. The molecule has 0 aliphatic carbocycles. The Morgan fingerprint density at radius 3 is 2.48 bits per heavy atom. The maximum atomic E-state index is 14.0. The predicted molar refractivity (Wildman–Crippen MR) is 78.2 cm³/mol. The van der Waals surface area contributed by atoms with Gasteiger partial charge in [0.2, 0.25) is 0 Å². The molecule has 8 heteroatoms. The van der Waals surface area contributed by atoms with Crippen molar-refractivity contribution in [1.29, 1.82) is 0 Å². The maximum absolute atomic E-state index is 14.0. The number of hydrogen-bond donors (Lipinski definition) is 3. The first-order valence-electron chi connectivity index (χ1n) is 6.04. The fourth-order valence-electron chi connectivity index (χ4n) is 1.80. The maximum Gasteiger partial charge on any atom is 0.276 e. The van der Waals surface area contributed by atoms with Gasteiger partial charge in [0.1, 0.15) is 0 Å². The summed E-state index contributed by atoms with van der Waals surface area (Å²) >= 11 is 5.95. The molecule has 0 aliphatic heterocycles. The lowest BCUT2D eigenvalue weighted by molar-refractivity contribution is 0.0706. The van der Waals surface area contributed by atoms with E-state index in [0.717, 1.165) is 0 Å². The molecule has 118 valence electrons. The van der Waals surface area contributed by atoms with E-state index in [-0.39, 0.29) is 10.7 Å². The van der Waals surface area contributed by atoms with Gasteiger partial charge in [0.15, 0.2) is 17.5 Å². The molecule has 0 bridgehead atoms. The summed E-state index contributed by atoms with van der Waals surface area (Å²) in [5.74, 6) is -3.90. The number of hydroxylamine groups is 1. The molecule has 2 rings (SSSR count). The molecule has 0 aliphatic rings. The van der Waals surface area contributed by atoms with E-state index >= 15 is 0 Å². The fourth-order valence-corrected chi connectivity index (χ4v) is 2.03. The van der Waals surface area contributed by atoms with Gasteiger partial charge in [-0.3, -0.25) is 10.0 Å². The predicted octanol–water partition coefficient (Wildman–Crippen LogP) is 3.60. The Balaban J connectivity index is 2.57. The van der Waals surface area contributed by atoms with Gasteiger partial charge in [-0.25, -0.2) is 18.7 Å². The van der Waals surface area contributed by atoms with Crippen LogP contribution in [-0.2, 0) is 0 Å². The van der Waals surface area contributed by atoms with Crippen LogP contribution in [0.4, 0.5) is 24.5 Å². The summed E-state index contributed by atoms with van der Waals surface area (Å²) in [5, 5.41) is 11.1. The Bertz CT molecular complexity index is 834. The third kappa shape index (κ3) is 3.23. The van der Waals surface area contributed by atoms with Gasteiger partial charge in [0.05, 0.1) is 22.0 Å². The van der Waals surface area contributed by atoms with E-state index in [4.69, 9.17) is 23.2 Å². The van der Waals surface area contributed by atoms with E-state index in [9.17, 15) is 18.0 Å². The number of terminal acetylenes is 1. The van der Waals surface area contributed by atoms with Crippen molar-refractivity contribution >= 4 is 28.9 Å². The van der Waals surface area contributed by atoms with Crippen LogP contribution in [0.1, 0.15) is 15.9 Å². The summed E-state index contributed by atoms with van der Waals surface area (Å²) in [5.41, 5.74) is 0.423. The third-order valence-electron chi connectivity index (χ3n) is 2.90. The number of anilines is 2. The largest absolute Gasteiger partial charge is 0.351 e. The van der Waals surface area contributed by atoms with Crippen molar-refractivity contribution in [3.8, 4) is 12.3 Å². The zero-order valence-electron chi connectivity index (χ0n) is 11.3. The molecule has 23 heavy (non-hydrogen) atoms. The number of rotatable bonds is 3. The van der Waals surface area contributed by atoms with Crippen LogP contribution >= 0.6 is 11.6 Å². The molecule has 3 N–H and O–H groups in total. The highest BCUT2D eigenvalue weighted by atomic mass is 35.5. The minimum atomic E-state index is -1.78. The Hall–Kier alpha value is -2.69. The van der Waals surface area contributed by atoms with Crippen LogP contribution in [0.5, 0.6) is 0 Å². The smallest absolute Gasteiger partial charge is 0.276 e. The number of amides is 1. The van der Waals surface area contributed by atoms with Crippen molar-refractivity contribution in [2.45, 2.75) is 0 Å². The molecule has 0 saturated carbocycles. The summed E-state index contributed by atoms with van der Waals surface area (Å²) in [6.07, 6.45) is 5.20. The van der Waals surface area contributed by atoms with Crippen LogP contribution in [0.15, 0.2) is 24.3 Å². The molecule has 0 unspecified atom stereocenters. The van der Waals surface area contributed by atoms with Crippen molar-refractivity contribution in [3.05, 3.63) is 57.9 Å². The lowest BCUT2D eigenvalue weighted by atomic mass is 10.1. The quantitative estimate of drug-likeness (QED) is 0.346. The molecule has 2 aromatic rings. The zero-order chi connectivity index (χ0) is 17.1. The molecule has 2 aromatic carbocycles. The number of halogens is 4. The van der Waals surface area contributed by atoms with E-state index in [1.807, 2.05) is 0 Å². The van der Waals surface area contributed by atoms with Gasteiger partial charge >= 0.3 is 0 Å². The average molecular weight is 341 g/mol. The van der Waals surface area contributed by atoms with Gasteiger partial charge < -0.3 is 5.32 Å². The highest BCUT2D eigenvalue weighted by Crippen LogP contribution is 2.31. The van der Waals surface area contributed by atoms with Gasteiger partial charge in [-0.05, 0) is 24.3 Å². The highest BCUT2D eigenvalue weighted by Gasteiger charge is 2.23. The molecule has 0 saturated heterocycles. The second-order valence-electron chi connectivity index (χ2n) is 4.31. The minimum Gasteiger partial charge on any atom is -0.351 e. The van der Waals surface area contributed by atoms with Crippen molar-refractivity contribution < 1.29 is 23.2 Å². The van der Waals surface area contributed by atoms with Gasteiger partial charge in [-0.15, -0.1) is 6.42 Å². The van der Waals surface area contributed by atoms with Gasteiger partial charge in [-0.1, -0.05) is 17.5 Å². The van der Waals surface area contributed by atoms with E-state index in [1.165, 1.54) is 23.7 Å². The Morgan fingerprint density at radius 1 is 1.22 bits per heavy atom. The number of benzene rings is 2. The van der Waals surface area contributed by atoms with Crippen LogP contribution in [0.3, 0.4) is 0 Å². The summed E-state index contributed by atoms with van der Waals surface area (Å²) in [6.45, 7) is 0. The van der Waals surface area contributed by atoms with Gasteiger partial charge in [-0.2, -0.15) is 0 Å². The molecule has 0 heterocycles. The lowest BCUT2D eigenvalue weighted by Gasteiger charge is -2.14. The highest BCUT2D eigenvalue weighted by molar-refractivity contribution is 6.33. The monoisotopic (exact) mass is 340 g/mol. The molecule has 0 spiro atoms. The van der Waals surface area contributed by atoms with Crippen molar-refractivity contribution in [3.63, 3.8) is 0 Å². The Labute approximate surface area is 133 Å². The molecule has 0 aromatic heterocycles. The Kier molecular flexibility index (Phi) is 4.79. The normalized spacial score (nSPS) is 10.1. The van der Waals surface area contributed by atoms with Crippen LogP contribution in [0.2, 0.25) is 5.02 Å². The summed E-state index contributed by atoms with van der Waals surface area (Å²) < 4.78 is 40.7. The molecule has 0 fully saturated rings. The topological polar surface area (TPSA) is 61.4 Å². The van der Waals surface area contributed by atoms with E-state index < -0.39 is 34.6 Å². The molecule has 4 nitrogen and oxygen atoms in total. The zero-order valence-corrected chi connectivity index (χ0v) is 12.0. The lowest BCUT2D eigenvalue weighted by Crippen LogP contribution is -2.21. The fraction of sp³-hybridized carbons (Fsp3) is 0. The third-order valence-corrected chi connectivity index (χ3v) is 3.22. The Morgan fingerprint density at radius 2 is 1.91 bits per heavy atom. The van der Waals surface area contributed by atoms with Crippen LogP contribution in [0.25, 0.3) is 0 Å². The van der Waals surface area contributed by atoms with Gasteiger partial charge in [0, 0.05) is 5.56 Å². The van der Waals surface area contributed by atoms with Crippen molar-refractivity contribution in [2.24, 2.45) is 0 Å². The average Bonchev–Trinajstić information content (AvgIpc) is 2.55. The number of carbonyl (C=O) groups excluding carboxylic acids is 1. The van der Waals surface area contributed by atoms with E-state index in [2.05, 4.69) is 11.2 Å². The first-order valence-corrected chi connectivity index (χ1v) is 6.42. The number of carbonyl (C=O) groups is 1. The van der Waals surface area contributed by atoms with Crippen LogP contribution in [0, 0.1) is 29.8 Å². The van der Waals surface area contributed by atoms with E-state index in [1.54, 1.807) is 0 Å². The number of hydrogen-bond acceptors (Lipinski definition) is 3. The minimum absolute atomic E-state index is 0.0694. The second-order valence-corrected chi connectivity index (χ2v) is 4.72. The molecular formula is C15H8ClF3N2O2. The van der Waals surface area contributed by atoms with Crippen LogP contribution in [-0.4, -0.2) is 11.1 Å². The summed E-state index contributed by atoms with van der Waals surface area (Å²) in [6, 6.07) is 4.67. The molecule has 0 radical (unpaired) electrons. The standard InChI is InChI=1S/C15H8ClF3N2O2/c1-2-7-3-4-11(9(16)5-7)20-14-8(15(22)21-23)6-10(17)12(18)13(14)19/h1,3-6,20,23H,(H,21,22). The van der Waals surface area contributed by atoms with Crippen LogP contribution < -0.4 is 10.8 Å².